The summed E-state index contributed by atoms with van der Waals surface area (Å²) < 4.78 is 5.26. The molecule has 1 aromatic rings. The van der Waals surface area contributed by atoms with Gasteiger partial charge >= 0.3 is 0 Å². The zero-order valence-corrected chi connectivity index (χ0v) is 11.2. The number of halogens is 1. The molecule has 18 heavy (non-hydrogen) atoms. The van der Waals surface area contributed by atoms with Gasteiger partial charge in [-0.25, -0.2) is 0 Å². The highest BCUT2D eigenvalue weighted by Crippen LogP contribution is 2.33. The van der Waals surface area contributed by atoms with E-state index in [4.69, 9.17) is 4.74 Å². The molecule has 1 aliphatic rings. The number of rotatable bonds is 4. The van der Waals surface area contributed by atoms with Crippen LogP contribution in [0.3, 0.4) is 0 Å². The number of hydrogen-bond donors (Lipinski definition) is 0. The van der Waals surface area contributed by atoms with Crippen LogP contribution in [0.15, 0.2) is 22.7 Å². The highest BCUT2D eigenvalue weighted by molar-refractivity contribution is 9.10. The Bertz CT molecular complexity index is 541. The van der Waals surface area contributed by atoms with E-state index in [-0.39, 0.29) is 18.9 Å². The number of carbonyl (C=O) groups is 3. The number of hydrogen-bond acceptors (Lipinski definition) is 4. The van der Waals surface area contributed by atoms with E-state index in [1.807, 2.05) is 0 Å². The maximum Gasteiger partial charge on any atom is 0.299 e. The lowest BCUT2D eigenvalue weighted by Crippen LogP contribution is -2.35. The highest BCUT2D eigenvalue weighted by Gasteiger charge is 2.37. The third-order valence-corrected chi connectivity index (χ3v) is 3.25. The first-order valence-corrected chi connectivity index (χ1v) is 6.01. The van der Waals surface area contributed by atoms with Crippen molar-refractivity contribution in [1.29, 1.82) is 0 Å². The molecule has 0 aromatic heterocycles. The van der Waals surface area contributed by atoms with Gasteiger partial charge in [-0.2, -0.15) is 0 Å². The van der Waals surface area contributed by atoms with Crippen molar-refractivity contribution in [3.63, 3.8) is 0 Å². The Labute approximate surface area is 112 Å². The van der Waals surface area contributed by atoms with Crippen LogP contribution in [0.4, 0.5) is 5.69 Å². The summed E-state index contributed by atoms with van der Waals surface area (Å²) in [4.78, 5) is 36.3. The average molecular weight is 312 g/mol. The second-order valence-electron chi connectivity index (χ2n) is 3.83. The minimum Gasteiger partial charge on any atom is -0.377 e. The number of fused-ring (bicyclic) bond motifs is 1. The summed E-state index contributed by atoms with van der Waals surface area (Å²) in [5.41, 5.74) is 0.775. The van der Waals surface area contributed by atoms with Crippen LogP contribution in [0, 0.1) is 0 Å². The zero-order chi connectivity index (χ0) is 13.3. The molecule has 2 rings (SSSR count). The minimum absolute atomic E-state index is 0.0820. The number of benzene rings is 1. The summed E-state index contributed by atoms with van der Waals surface area (Å²) in [5.74, 6) is -1.53. The second kappa shape index (κ2) is 4.99. The minimum atomic E-state index is -0.679. The van der Waals surface area contributed by atoms with E-state index < -0.39 is 11.7 Å². The molecule has 5 nitrogen and oxygen atoms in total. The smallest absolute Gasteiger partial charge is 0.299 e. The van der Waals surface area contributed by atoms with Gasteiger partial charge < -0.3 is 4.74 Å². The van der Waals surface area contributed by atoms with Crippen LogP contribution in [0.5, 0.6) is 0 Å². The van der Waals surface area contributed by atoms with Crippen LogP contribution < -0.4 is 4.90 Å². The number of ketones is 2. The van der Waals surface area contributed by atoms with Gasteiger partial charge in [-0.15, -0.1) is 0 Å². The number of Topliss-reactive ketones (excluding diaryl/α,β-unsaturated/α-hetero) is 2. The summed E-state index contributed by atoms with van der Waals surface area (Å²) in [6, 6.07) is 5.04. The van der Waals surface area contributed by atoms with Gasteiger partial charge in [0.05, 0.1) is 17.8 Å². The van der Waals surface area contributed by atoms with E-state index in [0.717, 1.165) is 0 Å². The van der Waals surface area contributed by atoms with Gasteiger partial charge in [-0.3, -0.25) is 19.3 Å². The molecule has 0 N–H and O–H groups in total. The quantitative estimate of drug-likeness (QED) is 0.784. The Morgan fingerprint density at radius 3 is 2.78 bits per heavy atom. The summed E-state index contributed by atoms with van der Waals surface area (Å²) in [5, 5.41) is 0. The molecule has 0 saturated carbocycles. The lowest BCUT2D eigenvalue weighted by molar-refractivity contribution is -0.123. The van der Waals surface area contributed by atoms with E-state index in [1.165, 1.54) is 12.0 Å². The summed E-state index contributed by atoms with van der Waals surface area (Å²) in [7, 11) is 1.40. The van der Waals surface area contributed by atoms with Crippen molar-refractivity contribution >= 4 is 39.1 Å². The third-order valence-electron chi connectivity index (χ3n) is 2.59. The van der Waals surface area contributed by atoms with Gasteiger partial charge in [0, 0.05) is 11.6 Å². The second-order valence-corrected chi connectivity index (χ2v) is 4.68. The van der Waals surface area contributed by atoms with E-state index in [2.05, 4.69) is 15.9 Å². The van der Waals surface area contributed by atoms with Crippen LogP contribution >= 0.6 is 15.9 Å². The number of methoxy groups -OCH3 is 1. The predicted molar refractivity (Wildman–Crippen MR) is 67.7 cm³/mol. The number of amides is 1. The van der Waals surface area contributed by atoms with Gasteiger partial charge in [0.15, 0.2) is 5.78 Å². The Balaban J connectivity index is 2.35. The lowest BCUT2D eigenvalue weighted by atomic mass is 10.1. The first-order valence-electron chi connectivity index (χ1n) is 5.21. The molecule has 6 heteroatoms. The SMILES string of the molecule is COCC(=O)CN1C(=O)C(=O)c2c(Br)cccc21. The molecule has 1 aromatic carbocycles. The fourth-order valence-corrected chi connectivity index (χ4v) is 2.38. The van der Waals surface area contributed by atoms with Crippen LogP contribution in [-0.4, -0.2) is 37.7 Å². The van der Waals surface area contributed by atoms with E-state index in [9.17, 15) is 14.4 Å². The van der Waals surface area contributed by atoms with Crippen molar-refractivity contribution in [2.24, 2.45) is 0 Å². The lowest BCUT2D eigenvalue weighted by Gasteiger charge is -2.15. The van der Waals surface area contributed by atoms with Crippen molar-refractivity contribution in [3.8, 4) is 0 Å². The Morgan fingerprint density at radius 1 is 1.39 bits per heavy atom. The monoisotopic (exact) mass is 311 g/mol. The highest BCUT2D eigenvalue weighted by atomic mass is 79.9. The van der Waals surface area contributed by atoms with Crippen molar-refractivity contribution in [3.05, 3.63) is 28.2 Å². The van der Waals surface area contributed by atoms with Gasteiger partial charge in [-0.05, 0) is 28.1 Å². The Kier molecular flexibility index (Phi) is 3.58. The van der Waals surface area contributed by atoms with Crippen LogP contribution in [0.1, 0.15) is 10.4 Å². The van der Waals surface area contributed by atoms with Crippen LogP contribution in [-0.2, 0) is 14.3 Å². The summed E-state index contributed by atoms with van der Waals surface area (Å²) in [6.45, 7) is -0.233. The van der Waals surface area contributed by atoms with E-state index >= 15 is 0 Å². The van der Waals surface area contributed by atoms with Crippen molar-refractivity contribution in [2.45, 2.75) is 0 Å². The molecule has 0 spiro atoms. The van der Waals surface area contributed by atoms with Gasteiger partial charge in [0.2, 0.25) is 0 Å². The Hall–Kier alpha value is -1.53. The predicted octanol–water partition coefficient (Wildman–Crippen LogP) is 1.19. The summed E-state index contributed by atoms with van der Waals surface area (Å²) in [6.07, 6.45) is 0. The molecule has 94 valence electrons. The number of ether oxygens (including phenoxy) is 1. The Morgan fingerprint density at radius 2 is 2.11 bits per heavy atom. The maximum atomic E-state index is 11.8. The first kappa shape index (κ1) is 12.9. The molecule has 1 heterocycles. The molecule has 0 atom stereocenters. The van der Waals surface area contributed by atoms with Crippen molar-refractivity contribution in [1.82, 2.24) is 0 Å². The van der Waals surface area contributed by atoms with Crippen molar-refractivity contribution in [2.75, 3.05) is 25.2 Å². The number of anilines is 1. The molecule has 1 aliphatic heterocycles. The van der Waals surface area contributed by atoms with Crippen LogP contribution in [0.2, 0.25) is 0 Å². The molecule has 0 saturated heterocycles. The van der Waals surface area contributed by atoms with Crippen LogP contribution in [0.25, 0.3) is 0 Å². The molecule has 0 unspecified atom stereocenters. The van der Waals surface area contributed by atoms with Gasteiger partial charge in [0.1, 0.15) is 6.61 Å². The number of carbonyl (C=O) groups excluding carboxylic acids is 3. The molecule has 0 aliphatic carbocycles. The molecular formula is C12H10BrNO4. The topological polar surface area (TPSA) is 63.7 Å². The maximum absolute atomic E-state index is 11.8. The average Bonchev–Trinajstić information content (AvgIpc) is 2.56. The molecular weight excluding hydrogens is 302 g/mol. The molecule has 0 bridgehead atoms. The zero-order valence-electron chi connectivity index (χ0n) is 9.60. The first-order chi connectivity index (χ1) is 8.56. The normalized spacial score (nSPS) is 14.0. The third kappa shape index (κ3) is 2.09. The fourth-order valence-electron chi connectivity index (χ4n) is 1.84. The van der Waals surface area contributed by atoms with Gasteiger partial charge in [0.25, 0.3) is 11.7 Å². The molecule has 0 radical (unpaired) electrons. The number of nitrogens with zero attached hydrogens (tertiary/aromatic N) is 1. The van der Waals surface area contributed by atoms with E-state index in [0.29, 0.717) is 15.7 Å². The van der Waals surface area contributed by atoms with E-state index in [1.54, 1.807) is 18.2 Å². The standard InChI is InChI=1S/C12H10BrNO4/c1-18-6-7(15)5-14-9-4-2-3-8(13)10(9)11(16)12(14)17/h2-4H,5-6H2,1H3. The van der Waals surface area contributed by atoms with Crippen molar-refractivity contribution < 1.29 is 19.1 Å². The van der Waals surface area contributed by atoms with Gasteiger partial charge in [-0.1, -0.05) is 6.07 Å². The summed E-state index contributed by atoms with van der Waals surface area (Å²) >= 11 is 3.23. The molecule has 1 amide bonds. The fraction of sp³-hybridized carbons (Fsp3) is 0.250. The molecule has 0 fully saturated rings. The largest absolute Gasteiger partial charge is 0.377 e.